The zero-order valence-electron chi connectivity index (χ0n) is 10.7. The summed E-state index contributed by atoms with van der Waals surface area (Å²) in [5.41, 5.74) is -0.118. The summed E-state index contributed by atoms with van der Waals surface area (Å²) in [5, 5.41) is 2.53. The van der Waals surface area contributed by atoms with Gasteiger partial charge in [-0.3, -0.25) is 4.98 Å². The molecule has 0 atom stereocenters. The smallest absolute Gasteiger partial charge is 0.407 e. The van der Waals surface area contributed by atoms with Gasteiger partial charge in [-0.05, 0) is 32.9 Å². The summed E-state index contributed by atoms with van der Waals surface area (Å²) in [5.74, 6) is 0.302. The Labute approximate surface area is 105 Å². The number of alkyl halides is 1. The van der Waals surface area contributed by atoms with Gasteiger partial charge in [-0.1, -0.05) is 0 Å². The molecule has 1 amide bonds. The first-order valence-corrected chi connectivity index (χ1v) is 5.52. The molecule has 6 heteroatoms. The summed E-state index contributed by atoms with van der Waals surface area (Å²) in [6.45, 7) is 4.48. The van der Waals surface area contributed by atoms with E-state index in [9.17, 15) is 9.18 Å². The van der Waals surface area contributed by atoms with Crippen LogP contribution in [0.25, 0.3) is 0 Å². The van der Waals surface area contributed by atoms with Crippen molar-refractivity contribution >= 4 is 6.09 Å². The number of alkyl carbamates (subject to hydrolysis) is 1. The number of aromatic nitrogens is 1. The largest absolute Gasteiger partial charge is 0.461 e. The molecule has 1 heterocycles. The Morgan fingerprint density at radius 3 is 2.83 bits per heavy atom. The van der Waals surface area contributed by atoms with Gasteiger partial charge in [0.1, 0.15) is 17.0 Å². The highest BCUT2D eigenvalue weighted by Gasteiger charge is 2.16. The standard InChI is InChI=1S/C12H17FN2O3/c1-12(2,3)18-11(16)15-7-9-10(17-8-13)5-4-6-14-9/h4-6H,7-8H2,1-3H3,(H,15,16). The predicted octanol–water partition coefficient (Wildman–Crippen LogP) is 2.41. The molecular weight excluding hydrogens is 239 g/mol. The van der Waals surface area contributed by atoms with Crippen molar-refractivity contribution in [2.24, 2.45) is 0 Å². The van der Waals surface area contributed by atoms with Gasteiger partial charge in [0.15, 0.2) is 0 Å². The molecular formula is C12H17FN2O3. The number of pyridine rings is 1. The normalized spacial score (nSPS) is 10.9. The highest BCUT2D eigenvalue weighted by Crippen LogP contribution is 2.15. The van der Waals surface area contributed by atoms with Gasteiger partial charge in [0.25, 0.3) is 0 Å². The molecule has 5 nitrogen and oxygen atoms in total. The SMILES string of the molecule is CC(C)(C)OC(=O)NCc1ncccc1OCF. The zero-order chi connectivity index (χ0) is 13.6. The van der Waals surface area contributed by atoms with Crippen LogP contribution in [0.1, 0.15) is 26.5 Å². The van der Waals surface area contributed by atoms with E-state index < -0.39 is 18.6 Å². The summed E-state index contributed by atoms with van der Waals surface area (Å²) in [6.07, 6.45) is 0.983. The number of rotatable bonds is 4. The van der Waals surface area contributed by atoms with Crippen LogP contribution in [0.4, 0.5) is 9.18 Å². The number of halogens is 1. The van der Waals surface area contributed by atoms with Crippen molar-refractivity contribution in [3.05, 3.63) is 24.0 Å². The molecule has 0 aromatic carbocycles. The fraction of sp³-hybridized carbons (Fsp3) is 0.500. The number of carbonyl (C=O) groups is 1. The number of ether oxygens (including phenoxy) is 2. The van der Waals surface area contributed by atoms with Crippen LogP contribution in [0.3, 0.4) is 0 Å². The maximum absolute atomic E-state index is 12.1. The van der Waals surface area contributed by atoms with Crippen molar-refractivity contribution in [3.63, 3.8) is 0 Å². The monoisotopic (exact) mass is 256 g/mol. The van der Waals surface area contributed by atoms with Crippen LogP contribution < -0.4 is 10.1 Å². The first-order chi connectivity index (χ1) is 8.42. The third kappa shape index (κ3) is 4.99. The highest BCUT2D eigenvalue weighted by atomic mass is 19.1. The number of hydrogen-bond acceptors (Lipinski definition) is 4. The second kappa shape index (κ2) is 6.18. The molecule has 0 saturated carbocycles. The van der Waals surface area contributed by atoms with Crippen molar-refractivity contribution in [2.45, 2.75) is 32.9 Å². The van der Waals surface area contributed by atoms with Crippen molar-refractivity contribution in [1.82, 2.24) is 10.3 Å². The number of carbonyl (C=O) groups excluding carboxylic acids is 1. The first-order valence-electron chi connectivity index (χ1n) is 5.52. The summed E-state index contributed by atoms with van der Waals surface area (Å²) >= 11 is 0. The summed E-state index contributed by atoms with van der Waals surface area (Å²) in [6, 6.07) is 3.21. The average molecular weight is 256 g/mol. The lowest BCUT2D eigenvalue weighted by atomic mass is 10.2. The third-order valence-electron chi connectivity index (χ3n) is 1.86. The molecule has 18 heavy (non-hydrogen) atoms. The van der Waals surface area contributed by atoms with Crippen LogP contribution in [-0.4, -0.2) is 23.5 Å². The molecule has 0 aliphatic heterocycles. The molecule has 0 aliphatic carbocycles. The zero-order valence-corrected chi connectivity index (χ0v) is 10.7. The second-order valence-electron chi connectivity index (χ2n) is 4.56. The van der Waals surface area contributed by atoms with Gasteiger partial charge in [0.2, 0.25) is 6.86 Å². The van der Waals surface area contributed by atoms with Crippen LogP contribution in [0.2, 0.25) is 0 Å². The quantitative estimate of drug-likeness (QED) is 0.898. The van der Waals surface area contributed by atoms with Crippen LogP contribution in [0.5, 0.6) is 5.75 Å². The third-order valence-corrected chi connectivity index (χ3v) is 1.86. The molecule has 0 spiro atoms. The Kier molecular flexibility index (Phi) is 4.88. The number of amides is 1. The lowest BCUT2D eigenvalue weighted by Crippen LogP contribution is -2.32. The second-order valence-corrected chi connectivity index (χ2v) is 4.56. The van der Waals surface area contributed by atoms with E-state index in [4.69, 9.17) is 9.47 Å². The lowest BCUT2D eigenvalue weighted by molar-refractivity contribution is 0.0522. The Balaban J connectivity index is 2.55. The topological polar surface area (TPSA) is 60.5 Å². The van der Waals surface area contributed by atoms with Crippen molar-refractivity contribution in [2.75, 3.05) is 6.86 Å². The summed E-state index contributed by atoms with van der Waals surface area (Å²) < 4.78 is 21.9. The van der Waals surface area contributed by atoms with E-state index >= 15 is 0 Å². The van der Waals surface area contributed by atoms with Gasteiger partial charge in [-0.2, -0.15) is 0 Å². The Morgan fingerprint density at radius 2 is 2.22 bits per heavy atom. The van der Waals surface area contributed by atoms with Crippen molar-refractivity contribution in [3.8, 4) is 5.75 Å². The van der Waals surface area contributed by atoms with E-state index in [1.165, 1.54) is 6.20 Å². The van der Waals surface area contributed by atoms with E-state index in [1.807, 2.05) is 0 Å². The lowest BCUT2D eigenvalue weighted by Gasteiger charge is -2.19. The van der Waals surface area contributed by atoms with Gasteiger partial charge in [0, 0.05) is 6.20 Å². The Bertz CT molecular complexity index is 405. The Morgan fingerprint density at radius 1 is 1.50 bits per heavy atom. The molecule has 1 aromatic rings. The minimum Gasteiger partial charge on any atom is -0.461 e. The molecule has 0 radical (unpaired) electrons. The van der Waals surface area contributed by atoms with Gasteiger partial charge in [0.05, 0.1) is 6.54 Å². The number of nitrogens with zero attached hydrogens (tertiary/aromatic N) is 1. The molecule has 0 unspecified atom stereocenters. The first kappa shape index (κ1) is 14.2. The van der Waals surface area contributed by atoms with Gasteiger partial charge >= 0.3 is 6.09 Å². The molecule has 1 N–H and O–H groups in total. The van der Waals surface area contributed by atoms with E-state index in [0.717, 1.165) is 0 Å². The van der Waals surface area contributed by atoms with E-state index in [0.29, 0.717) is 11.4 Å². The molecule has 1 rings (SSSR count). The maximum Gasteiger partial charge on any atom is 0.407 e. The van der Waals surface area contributed by atoms with Gasteiger partial charge < -0.3 is 14.8 Å². The molecule has 0 bridgehead atoms. The predicted molar refractivity (Wildman–Crippen MR) is 63.9 cm³/mol. The van der Waals surface area contributed by atoms with E-state index in [2.05, 4.69) is 10.3 Å². The highest BCUT2D eigenvalue weighted by molar-refractivity contribution is 5.67. The average Bonchev–Trinajstić information content (AvgIpc) is 2.26. The van der Waals surface area contributed by atoms with Crippen LogP contribution in [-0.2, 0) is 11.3 Å². The molecule has 0 fully saturated rings. The van der Waals surface area contributed by atoms with Crippen molar-refractivity contribution in [1.29, 1.82) is 0 Å². The van der Waals surface area contributed by atoms with Gasteiger partial charge in [-0.25, -0.2) is 9.18 Å². The fourth-order valence-electron chi connectivity index (χ4n) is 1.22. The summed E-state index contributed by atoms with van der Waals surface area (Å²) in [4.78, 5) is 15.4. The van der Waals surface area contributed by atoms with E-state index in [-0.39, 0.29) is 6.54 Å². The van der Waals surface area contributed by atoms with Crippen LogP contribution >= 0.6 is 0 Å². The molecule has 1 aromatic heterocycles. The van der Waals surface area contributed by atoms with E-state index in [1.54, 1.807) is 32.9 Å². The summed E-state index contributed by atoms with van der Waals surface area (Å²) in [7, 11) is 0. The molecule has 0 saturated heterocycles. The van der Waals surface area contributed by atoms with Crippen LogP contribution in [0.15, 0.2) is 18.3 Å². The Hall–Kier alpha value is -1.85. The maximum atomic E-state index is 12.1. The number of nitrogens with one attached hydrogen (secondary N) is 1. The minimum atomic E-state index is -0.939. The minimum absolute atomic E-state index is 0.116. The fourth-order valence-corrected chi connectivity index (χ4v) is 1.22. The van der Waals surface area contributed by atoms with Crippen molar-refractivity contribution < 1.29 is 18.7 Å². The molecule has 100 valence electrons. The molecule has 0 aliphatic rings. The van der Waals surface area contributed by atoms with Gasteiger partial charge in [-0.15, -0.1) is 0 Å². The van der Waals surface area contributed by atoms with Crippen LogP contribution in [0, 0.1) is 0 Å². The number of hydrogen-bond donors (Lipinski definition) is 1.